The summed E-state index contributed by atoms with van der Waals surface area (Å²) < 4.78 is 1.80. The zero-order valence-electron chi connectivity index (χ0n) is 10.6. The van der Waals surface area contributed by atoms with Crippen LogP contribution in [-0.4, -0.2) is 40.0 Å². The smallest absolute Gasteiger partial charge is 0.308 e. The van der Waals surface area contributed by atoms with Crippen molar-refractivity contribution in [3.63, 3.8) is 0 Å². The minimum Gasteiger partial charge on any atom is -0.481 e. The molecule has 0 bridgehead atoms. The van der Waals surface area contributed by atoms with Crippen LogP contribution in [0.15, 0.2) is 12.1 Å². The van der Waals surface area contributed by atoms with E-state index >= 15 is 0 Å². The molecule has 0 saturated heterocycles. The lowest BCUT2D eigenvalue weighted by atomic mass is 10.1. The van der Waals surface area contributed by atoms with Gasteiger partial charge in [0.25, 0.3) is 5.91 Å². The molecule has 0 saturated carbocycles. The molecule has 0 aliphatic heterocycles. The van der Waals surface area contributed by atoms with E-state index in [0.717, 1.165) is 5.69 Å². The SMILES string of the molecule is Cc1ccc(C(=O)N(C)CC(C)C(=O)O)n1C. The summed E-state index contributed by atoms with van der Waals surface area (Å²) in [4.78, 5) is 24.2. The number of carboxylic acid groups (broad SMARTS) is 1. The third-order valence-electron chi connectivity index (χ3n) is 2.91. The minimum absolute atomic E-state index is 0.159. The highest BCUT2D eigenvalue weighted by molar-refractivity contribution is 5.93. The van der Waals surface area contributed by atoms with E-state index in [1.807, 2.05) is 20.0 Å². The molecule has 17 heavy (non-hydrogen) atoms. The van der Waals surface area contributed by atoms with Crippen LogP contribution in [0, 0.1) is 12.8 Å². The van der Waals surface area contributed by atoms with E-state index in [1.165, 1.54) is 4.90 Å². The lowest BCUT2D eigenvalue weighted by Crippen LogP contribution is -2.34. The van der Waals surface area contributed by atoms with Gasteiger partial charge >= 0.3 is 5.97 Å². The van der Waals surface area contributed by atoms with Crippen LogP contribution in [0.4, 0.5) is 0 Å². The van der Waals surface area contributed by atoms with E-state index in [4.69, 9.17) is 5.11 Å². The fourth-order valence-corrected chi connectivity index (χ4v) is 1.60. The number of carboxylic acids is 1. The molecular weight excluding hydrogens is 220 g/mol. The minimum atomic E-state index is -0.896. The highest BCUT2D eigenvalue weighted by atomic mass is 16.4. The molecule has 5 heteroatoms. The molecule has 94 valence electrons. The summed E-state index contributed by atoms with van der Waals surface area (Å²) in [5.74, 6) is -1.62. The Balaban J connectivity index is 2.77. The first-order chi connectivity index (χ1) is 7.84. The molecule has 0 spiro atoms. The monoisotopic (exact) mass is 238 g/mol. The van der Waals surface area contributed by atoms with E-state index in [0.29, 0.717) is 5.69 Å². The van der Waals surface area contributed by atoms with Gasteiger partial charge in [0.05, 0.1) is 5.92 Å². The predicted molar refractivity (Wildman–Crippen MR) is 63.9 cm³/mol. The van der Waals surface area contributed by atoms with Crippen LogP contribution in [0.1, 0.15) is 23.1 Å². The first-order valence-electron chi connectivity index (χ1n) is 5.45. The quantitative estimate of drug-likeness (QED) is 0.855. The van der Waals surface area contributed by atoms with Crippen molar-refractivity contribution in [2.75, 3.05) is 13.6 Å². The van der Waals surface area contributed by atoms with E-state index in [9.17, 15) is 9.59 Å². The predicted octanol–water partition coefficient (Wildman–Crippen LogP) is 1.13. The van der Waals surface area contributed by atoms with Crippen molar-refractivity contribution in [1.82, 2.24) is 9.47 Å². The number of aliphatic carboxylic acids is 1. The average Bonchev–Trinajstić information content (AvgIpc) is 2.58. The molecule has 0 fully saturated rings. The number of aryl methyl sites for hydroxylation is 1. The van der Waals surface area contributed by atoms with Gasteiger partial charge in [-0.05, 0) is 19.1 Å². The molecule has 1 atom stereocenters. The van der Waals surface area contributed by atoms with Gasteiger partial charge in [0.2, 0.25) is 0 Å². The van der Waals surface area contributed by atoms with E-state index in [2.05, 4.69) is 0 Å². The number of nitrogens with zero attached hydrogens (tertiary/aromatic N) is 2. The van der Waals surface area contributed by atoms with Gasteiger partial charge in [0.15, 0.2) is 0 Å². The van der Waals surface area contributed by atoms with Crippen molar-refractivity contribution >= 4 is 11.9 Å². The third-order valence-corrected chi connectivity index (χ3v) is 2.91. The lowest BCUT2D eigenvalue weighted by molar-refractivity contribution is -0.141. The summed E-state index contributed by atoms with van der Waals surface area (Å²) >= 11 is 0. The van der Waals surface area contributed by atoms with Crippen LogP contribution in [0.2, 0.25) is 0 Å². The summed E-state index contributed by atoms with van der Waals surface area (Å²) in [5.41, 5.74) is 1.57. The molecule has 5 nitrogen and oxygen atoms in total. The summed E-state index contributed by atoms with van der Waals surface area (Å²) in [7, 11) is 3.43. The summed E-state index contributed by atoms with van der Waals surface area (Å²) in [6.07, 6.45) is 0. The van der Waals surface area contributed by atoms with Crippen LogP contribution >= 0.6 is 0 Å². The molecular formula is C12H18N2O3. The first kappa shape index (κ1) is 13.3. The molecule has 1 N–H and O–H groups in total. The molecule has 0 aliphatic carbocycles. The fourth-order valence-electron chi connectivity index (χ4n) is 1.60. The van der Waals surface area contributed by atoms with Crippen LogP contribution in [0.25, 0.3) is 0 Å². The molecule has 1 rings (SSSR count). The Bertz CT molecular complexity index is 437. The van der Waals surface area contributed by atoms with Gasteiger partial charge in [-0.25, -0.2) is 0 Å². The maximum Gasteiger partial charge on any atom is 0.308 e. The molecule has 1 unspecified atom stereocenters. The Morgan fingerprint density at radius 3 is 2.47 bits per heavy atom. The number of carbonyl (C=O) groups excluding carboxylic acids is 1. The second kappa shape index (κ2) is 5.03. The van der Waals surface area contributed by atoms with Crippen molar-refractivity contribution in [3.8, 4) is 0 Å². The van der Waals surface area contributed by atoms with Gasteiger partial charge in [-0.15, -0.1) is 0 Å². The molecule has 1 heterocycles. The topological polar surface area (TPSA) is 62.5 Å². The van der Waals surface area contributed by atoms with Crippen molar-refractivity contribution in [1.29, 1.82) is 0 Å². The van der Waals surface area contributed by atoms with Crippen molar-refractivity contribution in [2.24, 2.45) is 13.0 Å². The van der Waals surface area contributed by atoms with Crippen LogP contribution in [-0.2, 0) is 11.8 Å². The molecule has 1 aromatic heterocycles. The number of rotatable bonds is 4. The number of amides is 1. The van der Waals surface area contributed by atoms with Crippen molar-refractivity contribution < 1.29 is 14.7 Å². The standard InChI is InChI=1S/C12H18N2O3/c1-8(12(16)17)7-13(3)11(15)10-6-5-9(2)14(10)4/h5-6,8H,7H2,1-4H3,(H,16,17). The zero-order valence-corrected chi connectivity index (χ0v) is 10.6. The Hall–Kier alpha value is -1.78. The fraction of sp³-hybridized carbons (Fsp3) is 0.500. The summed E-state index contributed by atoms with van der Waals surface area (Å²) in [6.45, 7) is 3.71. The number of hydrogen-bond donors (Lipinski definition) is 1. The lowest BCUT2D eigenvalue weighted by Gasteiger charge is -2.19. The van der Waals surface area contributed by atoms with Gasteiger partial charge < -0.3 is 14.6 Å². The maximum atomic E-state index is 12.0. The zero-order chi connectivity index (χ0) is 13.2. The molecule has 0 radical (unpaired) electrons. The normalized spacial score (nSPS) is 12.2. The van der Waals surface area contributed by atoms with Gasteiger partial charge in [-0.1, -0.05) is 6.92 Å². The van der Waals surface area contributed by atoms with E-state index in [-0.39, 0.29) is 12.5 Å². The molecule has 1 amide bonds. The van der Waals surface area contributed by atoms with Crippen LogP contribution in [0.3, 0.4) is 0 Å². The maximum absolute atomic E-state index is 12.0. The molecule has 0 aliphatic rings. The number of hydrogen-bond acceptors (Lipinski definition) is 2. The Kier molecular flexibility index (Phi) is 3.93. The van der Waals surface area contributed by atoms with E-state index < -0.39 is 11.9 Å². The van der Waals surface area contributed by atoms with E-state index in [1.54, 1.807) is 24.6 Å². The van der Waals surface area contributed by atoms with Crippen LogP contribution in [0.5, 0.6) is 0 Å². The highest BCUT2D eigenvalue weighted by Crippen LogP contribution is 2.09. The third kappa shape index (κ3) is 2.87. The average molecular weight is 238 g/mol. The Labute approximate surface area is 101 Å². The largest absolute Gasteiger partial charge is 0.481 e. The summed E-state index contributed by atoms with van der Waals surface area (Å²) in [5, 5.41) is 8.80. The van der Waals surface area contributed by atoms with Gasteiger partial charge in [-0.3, -0.25) is 9.59 Å². The highest BCUT2D eigenvalue weighted by Gasteiger charge is 2.20. The molecule has 1 aromatic rings. The number of aromatic nitrogens is 1. The first-order valence-corrected chi connectivity index (χ1v) is 5.45. The van der Waals surface area contributed by atoms with Crippen LogP contribution < -0.4 is 0 Å². The van der Waals surface area contributed by atoms with Gasteiger partial charge in [0.1, 0.15) is 5.69 Å². The Morgan fingerprint density at radius 2 is 2.06 bits per heavy atom. The van der Waals surface area contributed by atoms with Crippen molar-refractivity contribution in [3.05, 3.63) is 23.5 Å². The molecule has 0 aromatic carbocycles. The van der Waals surface area contributed by atoms with Gasteiger partial charge in [-0.2, -0.15) is 0 Å². The summed E-state index contributed by atoms with van der Waals surface area (Å²) in [6, 6.07) is 3.61. The number of carbonyl (C=O) groups is 2. The Morgan fingerprint density at radius 1 is 1.47 bits per heavy atom. The second-order valence-corrected chi connectivity index (χ2v) is 4.34. The van der Waals surface area contributed by atoms with Crippen molar-refractivity contribution in [2.45, 2.75) is 13.8 Å². The van der Waals surface area contributed by atoms with Gasteiger partial charge in [0, 0.05) is 26.3 Å². The second-order valence-electron chi connectivity index (χ2n) is 4.34.